The maximum absolute atomic E-state index is 12.6. The molecule has 1 amide bonds. The summed E-state index contributed by atoms with van der Waals surface area (Å²) in [6.07, 6.45) is 2.25. The minimum Gasteiger partial charge on any atom is -0.497 e. The molecule has 0 saturated heterocycles. The molecule has 0 aliphatic heterocycles. The summed E-state index contributed by atoms with van der Waals surface area (Å²) >= 11 is 0. The van der Waals surface area contributed by atoms with Gasteiger partial charge in [0.1, 0.15) is 5.75 Å². The van der Waals surface area contributed by atoms with Crippen molar-refractivity contribution in [3.8, 4) is 5.75 Å². The molecule has 0 radical (unpaired) electrons. The number of nitrogens with one attached hydrogen (secondary N) is 1. The van der Waals surface area contributed by atoms with Gasteiger partial charge in [-0.3, -0.25) is 9.59 Å². The van der Waals surface area contributed by atoms with Gasteiger partial charge in [-0.2, -0.15) is 0 Å². The number of carbonyl (C=O) groups is 1. The number of rotatable bonds is 6. The number of furan rings is 1. The molecule has 0 atom stereocenters. The zero-order chi connectivity index (χ0) is 17.8. The molecule has 6 nitrogen and oxygen atoms in total. The molecule has 130 valence electrons. The van der Waals surface area contributed by atoms with Gasteiger partial charge in [0, 0.05) is 18.2 Å². The Labute approximate surface area is 145 Å². The van der Waals surface area contributed by atoms with E-state index in [0.717, 1.165) is 11.8 Å². The van der Waals surface area contributed by atoms with Gasteiger partial charge in [0.2, 0.25) is 0 Å². The number of carbonyl (C=O) groups excluding carboxylic acids is 1. The lowest BCUT2D eigenvalue weighted by molar-refractivity contribution is 0.0710. The minimum atomic E-state index is -0.221. The second-order valence-corrected chi connectivity index (χ2v) is 5.78. The molecule has 0 fully saturated rings. The number of amides is 1. The first-order valence-electron chi connectivity index (χ1n) is 8.15. The number of fused-ring (bicyclic) bond motifs is 1. The first-order chi connectivity index (χ1) is 12.1. The molecule has 0 spiro atoms. The number of aromatic nitrogens is 1. The quantitative estimate of drug-likeness (QED) is 0.748. The van der Waals surface area contributed by atoms with Crippen LogP contribution in [0.2, 0.25) is 0 Å². The van der Waals surface area contributed by atoms with E-state index in [2.05, 4.69) is 4.98 Å². The minimum absolute atomic E-state index is 0.214. The SMILES string of the molecule is CCCN(Cc1cc2ccc(OC)cc2[nH]c1=O)C(=O)c1ccco1. The van der Waals surface area contributed by atoms with Crippen LogP contribution in [0.3, 0.4) is 0 Å². The summed E-state index contributed by atoms with van der Waals surface area (Å²) in [5, 5.41) is 0.886. The highest BCUT2D eigenvalue weighted by Crippen LogP contribution is 2.19. The lowest BCUT2D eigenvalue weighted by atomic mass is 10.1. The summed E-state index contributed by atoms with van der Waals surface area (Å²) in [5.41, 5.74) is 1.02. The van der Waals surface area contributed by atoms with Crippen LogP contribution in [0.5, 0.6) is 5.75 Å². The molecule has 1 N–H and O–H groups in total. The molecule has 2 aromatic heterocycles. The summed E-state index contributed by atoms with van der Waals surface area (Å²) in [6, 6.07) is 10.6. The zero-order valence-corrected chi connectivity index (χ0v) is 14.2. The monoisotopic (exact) mass is 340 g/mol. The van der Waals surface area contributed by atoms with Crippen molar-refractivity contribution in [2.75, 3.05) is 13.7 Å². The lowest BCUT2D eigenvalue weighted by Crippen LogP contribution is -2.33. The fraction of sp³-hybridized carbons (Fsp3) is 0.263. The molecule has 3 rings (SSSR count). The van der Waals surface area contributed by atoms with E-state index in [1.807, 2.05) is 25.1 Å². The fourth-order valence-corrected chi connectivity index (χ4v) is 2.75. The van der Waals surface area contributed by atoms with Crippen molar-refractivity contribution in [3.63, 3.8) is 0 Å². The number of H-pyrrole nitrogens is 1. The Bertz CT molecular complexity index is 928. The largest absolute Gasteiger partial charge is 0.497 e. The van der Waals surface area contributed by atoms with E-state index < -0.39 is 0 Å². The molecule has 0 unspecified atom stereocenters. The third-order valence-corrected chi connectivity index (χ3v) is 4.00. The molecular formula is C19H20N2O4. The molecule has 3 aromatic rings. The van der Waals surface area contributed by atoms with Crippen LogP contribution in [0.15, 0.2) is 51.9 Å². The van der Waals surface area contributed by atoms with Crippen molar-refractivity contribution in [2.45, 2.75) is 19.9 Å². The van der Waals surface area contributed by atoms with Crippen LogP contribution in [-0.2, 0) is 6.54 Å². The number of nitrogens with zero attached hydrogens (tertiary/aromatic N) is 1. The number of pyridine rings is 1. The van der Waals surface area contributed by atoms with Gasteiger partial charge < -0.3 is 19.0 Å². The second kappa shape index (κ2) is 7.25. The van der Waals surface area contributed by atoms with Crippen LogP contribution in [0.1, 0.15) is 29.5 Å². The molecule has 0 aliphatic rings. The van der Waals surface area contributed by atoms with E-state index in [4.69, 9.17) is 9.15 Å². The number of aromatic amines is 1. The maximum atomic E-state index is 12.6. The van der Waals surface area contributed by atoms with E-state index in [1.54, 1.807) is 30.2 Å². The van der Waals surface area contributed by atoms with E-state index >= 15 is 0 Å². The molecule has 0 saturated carbocycles. The average molecular weight is 340 g/mol. The van der Waals surface area contributed by atoms with Gasteiger partial charge in [-0.05, 0) is 42.1 Å². The van der Waals surface area contributed by atoms with Gasteiger partial charge in [-0.1, -0.05) is 6.92 Å². The third kappa shape index (κ3) is 3.57. The highest BCUT2D eigenvalue weighted by atomic mass is 16.5. The van der Waals surface area contributed by atoms with Gasteiger partial charge in [0.25, 0.3) is 11.5 Å². The van der Waals surface area contributed by atoms with Crippen molar-refractivity contribution in [1.29, 1.82) is 0 Å². The molecule has 1 aromatic carbocycles. The predicted octanol–water partition coefficient (Wildman–Crippen LogP) is 3.18. The molecule has 0 bridgehead atoms. The maximum Gasteiger partial charge on any atom is 0.289 e. The lowest BCUT2D eigenvalue weighted by Gasteiger charge is -2.21. The predicted molar refractivity (Wildman–Crippen MR) is 94.9 cm³/mol. The van der Waals surface area contributed by atoms with E-state index in [1.165, 1.54) is 6.26 Å². The Balaban J connectivity index is 1.92. The summed E-state index contributed by atoms with van der Waals surface area (Å²) in [6.45, 7) is 2.75. The highest BCUT2D eigenvalue weighted by molar-refractivity contribution is 5.91. The van der Waals surface area contributed by atoms with Crippen molar-refractivity contribution >= 4 is 16.8 Å². The van der Waals surface area contributed by atoms with Crippen molar-refractivity contribution in [3.05, 3.63) is 64.3 Å². The molecule has 25 heavy (non-hydrogen) atoms. The summed E-state index contributed by atoms with van der Waals surface area (Å²) in [5.74, 6) is 0.730. The normalized spacial score (nSPS) is 10.8. The third-order valence-electron chi connectivity index (χ3n) is 4.00. The molecule has 6 heteroatoms. The molecular weight excluding hydrogens is 320 g/mol. The second-order valence-electron chi connectivity index (χ2n) is 5.78. The van der Waals surface area contributed by atoms with Gasteiger partial charge in [-0.25, -0.2) is 0 Å². The van der Waals surface area contributed by atoms with Gasteiger partial charge in [0.15, 0.2) is 5.76 Å². The van der Waals surface area contributed by atoms with Crippen molar-refractivity contribution in [2.24, 2.45) is 0 Å². The first kappa shape index (κ1) is 16.8. The number of benzene rings is 1. The number of hydrogen-bond acceptors (Lipinski definition) is 4. The Kier molecular flexibility index (Phi) is 4.88. The van der Waals surface area contributed by atoms with Crippen LogP contribution in [0, 0.1) is 0 Å². The highest BCUT2D eigenvalue weighted by Gasteiger charge is 2.19. The zero-order valence-electron chi connectivity index (χ0n) is 14.2. The van der Waals surface area contributed by atoms with Crippen molar-refractivity contribution < 1.29 is 13.9 Å². The standard InChI is InChI=1S/C19H20N2O4/c1-3-8-21(19(23)17-5-4-9-25-17)12-14-10-13-6-7-15(24-2)11-16(13)20-18(14)22/h4-7,9-11H,3,8,12H2,1-2H3,(H,20,22). The van der Waals surface area contributed by atoms with Crippen LogP contribution >= 0.6 is 0 Å². The van der Waals surface area contributed by atoms with Gasteiger partial charge >= 0.3 is 0 Å². The molecule has 2 heterocycles. The Morgan fingerprint density at radius 2 is 2.12 bits per heavy atom. The van der Waals surface area contributed by atoms with E-state index in [0.29, 0.717) is 23.4 Å². The molecule has 0 aliphatic carbocycles. The van der Waals surface area contributed by atoms with Crippen LogP contribution in [0.25, 0.3) is 10.9 Å². The van der Waals surface area contributed by atoms with Crippen molar-refractivity contribution in [1.82, 2.24) is 9.88 Å². The Morgan fingerprint density at radius 3 is 2.80 bits per heavy atom. The first-order valence-corrected chi connectivity index (χ1v) is 8.15. The average Bonchev–Trinajstić information content (AvgIpc) is 3.15. The number of hydrogen-bond donors (Lipinski definition) is 1. The smallest absolute Gasteiger partial charge is 0.289 e. The number of ether oxygens (including phenoxy) is 1. The summed E-state index contributed by atoms with van der Waals surface area (Å²) < 4.78 is 10.4. The summed E-state index contributed by atoms with van der Waals surface area (Å²) in [7, 11) is 1.58. The van der Waals surface area contributed by atoms with Gasteiger partial charge in [-0.15, -0.1) is 0 Å². The Hall–Kier alpha value is -3.02. The van der Waals surface area contributed by atoms with Crippen LogP contribution in [-0.4, -0.2) is 29.4 Å². The number of methoxy groups -OCH3 is 1. The topological polar surface area (TPSA) is 75.5 Å². The Morgan fingerprint density at radius 1 is 1.28 bits per heavy atom. The van der Waals surface area contributed by atoms with E-state index in [-0.39, 0.29) is 23.8 Å². The fourth-order valence-electron chi connectivity index (χ4n) is 2.75. The summed E-state index contributed by atoms with van der Waals surface area (Å²) in [4.78, 5) is 29.5. The van der Waals surface area contributed by atoms with E-state index in [9.17, 15) is 9.59 Å². The van der Waals surface area contributed by atoms with Crippen LogP contribution < -0.4 is 10.3 Å². The van der Waals surface area contributed by atoms with Crippen LogP contribution in [0.4, 0.5) is 0 Å². The van der Waals surface area contributed by atoms with Gasteiger partial charge in [0.05, 0.1) is 25.4 Å².